The fourth-order valence-corrected chi connectivity index (χ4v) is 2.68. The lowest BCUT2D eigenvalue weighted by molar-refractivity contribution is -0.133. The van der Waals surface area contributed by atoms with E-state index < -0.39 is 0 Å². The SMILES string of the molecule is CC(C)NC(=O)CN1CCN(C(=O)CCc2cccnc2)CC1. The Bertz CT molecular complexity index is 511. The van der Waals surface area contributed by atoms with Gasteiger partial charge < -0.3 is 10.2 Å². The van der Waals surface area contributed by atoms with Crippen molar-refractivity contribution in [1.82, 2.24) is 20.1 Å². The van der Waals surface area contributed by atoms with Crippen LogP contribution in [0, 0.1) is 0 Å². The van der Waals surface area contributed by atoms with Gasteiger partial charge in [0.15, 0.2) is 0 Å². The first kappa shape index (κ1) is 17.4. The van der Waals surface area contributed by atoms with Crippen LogP contribution in [0.3, 0.4) is 0 Å². The van der Waals surface area contributed by atoms with Crippen LogP contribution in [0.1, 0.15) is 25.8 Å². The number of piperazine rings is 1. The molecule has 23 heavy (non-hydrogen) atoms. The van der Waals surface area contributed by atoms with Crippen molar-refractivity contribution in [1.29, 1.82) is 0 Å². The first-order chi connectivity index (χ1) is 11.0. The van der Waals surface area contributed by atoms with Gasteiger partial charge in [-0.05, 0) is 31.9 Å². The standard InChI is InChI=1S/C17H26N4O2/c1-14(2)19-16(22)13-20-8-10-21(11-9-20)17(23)6-5-15-4-3-7-18-12-15/h3-4,7,12,14H,5-6,8-11,13H2,1-2H3,(H,19,22). The highest BCUT2D eigenvalue weighted by Crippen LogP contribution is 2.07. The number of hydrogen-bond acceptors (Lipinski definition) is 4. The van der Waals surface area contributed by atoms with E-state index in [2.05, 4.69) is 15.2 Å². The van der Waals surface area contributed by atoms with Gasteiger partial charge in [0.25, 0.3) is 0 Å². The van der Waals surface area contributed by atoms with E-state index in [4.69, 9.17) is 0 Å². The van der Waals surface area contributed by atoms with Crippen molar-refractivity contribution in [3.8, 4) is 0 Å². The molecule has 2 rings (SSSR count). The lowest BCUT2D eigenvalue weighted by Gasteiger charge is -2.34. The maximum atomic E-state index is 12.3. The Morgan fingerprint density at radius 3 is 2.61 bits per heavy atom. The molecule has 1 aliphatic heterocycles. The Balaban J connectivity index is 1.69. The van der Waals surface area contributed by atoms with E-state index in [1.807, 2.05) is 30.9 Å². The number of pyridine rings is 1. The zero-order chi connectivity index (χ0) is 16.7. The maximum Gasteiger partial charge on any atom is 0.234 e. The molecule has 126 valence electrons. The molecule has 0 aromatic carbocycles. The van der Waals surface area contributed by atoms with Crippen LogP contribution in [0.4, 0.5) is 0 Å². The Kier molecular flexibility index (Phi) is 6.52. The summed E-state index contributed by atoms with van der Waals surface area (Å²) in [4.78, 5) is 32.1. The van der Waals surface area contributed by atoms with Gasteiger partial charge in [0, 0.05) is 51.0 Å². The third-order valence-corrected chi connectivity index (χ3v) is 3.89. The quantitative estimate of drug-likeness (QED) is 0.838. The number of amides is 2. The number of carbonyl (C=O) groups is 2. The van der Waals surface area contributed by atoms with Crippen LogP contribution in [-0.4, -0.2) is 65.4 Å². The molecule has 0 aliphatic carbocycles. The van der Waals surface area contributed by atoms with E-state index >= 15 is 0 Å². The predicted octanol–water partition coefficient (Wildman–Crippen LogP) is 0.683. The van der Waals surface area contributed by atoms with Crippen molar-refractivity contribution in [3.05, 3.63) is 30.1 Å². The molecule has 6 nitrogen and oxygen atoms in total. The fourth-order valence-electron chi connectivity index (χ4n) is 2.68. The molecule has 0 radical (unpaired) electrons. The summed E-state index contributed by atoms with van der Waals surface area (Å²) in [6.45, 7) is 7.22. The van der Waals surface area contributed by atoms with Crippen LogP contribution >= 0.6 is 0 Å². The van der Waals surface area contributed by atoms with Gasteiger partial charge in [-0.3, -0.25) is 19.5 Å². The van der Waals surface area contributed by atoms with E-state index in [1.165, 1.54) is 0 Å². The highest BCUT2D eigenvalue weighted by molar-refractivity contribution is 5.78. The van der Waals surface area contributed by atoms with Crippen molar-refractivity contribution < 1.29 is 9.59 Å². The van der Waals surface area contributed by atoms with Crippen LogP contribution in [0.2, 0.25) is 0 Å². The molecule has 1 N–H and O–H groups in total. The zero-order valence-electron chi connectivity index (χ0n) is 14.0. The van der Waals surface area contributed by atoms with Gasteiger partial charge in [-0.15, -0.1) is 0 Å². The van der Waals surface area contributed by atoms with E-state index in [-0.39, 0.29) is 17.9 Å². The monoisotopic (exact) mass is 318 g/mol. The van der Waals surface area contributed by atoms with Crippen molar-refractivity contribution in [2.75, 3.05) is 32.7 Å². The Morgan fingerprint density at radius 1 is 1.26 bits per heavy atom. The summed E-state index contributed by atoms with van der Waals surface area (Å²) in [5.41, 5.74) is 1.09. The van der Waals surface area contributed by atoms with Crippen LogP contribution in [0.25, 0.3) is 0 Å². The van der Waals surface area contributed by atoms with Gasteiger partial charge in [0.2, 0.25) is 11.8 Å². The first-order valence-electron chi connectivity index (χ1n) is 8.23. The molecule has 0 spiro atoms. The van der Waals surface area contributed by atoms with Gasteiger partial charge in [0.1, 0.15) is 0 Å². The van der Waals surface area contributed by atoms with Gasteiger partial charge in [0.05, 0.1) is 6.54 Å². The molecule has 2 heterocycles. The van der Waals surface area contributed by atoms with Gasteiger partial charge in [-0.25, -0.2) is 0 Å². The van der Waals surface area contributed by atoms with Crippen LogP contribution in [-0.2, 0) is 16.0 Å². The Morgan fingerprint density at radius 2 is 2.00 bits per heavy atom. The van der Waals surface area contributed by atoms with Gasteiger partial charge in [-0.1, -0.05) is 6.07 Å². The zero-order valence-corrected chi connectivity index (χ0v) is 14.0. The fraction of sp³-hybridized carbons (Fsp3) is 0.588. The molecule has 6 heteroatoms. The van der Waals surface area contributed by atoms with E-state index in [1.54, 1.807) is 12.4 Å². The van der Waals surface area contributed by atoms with Crippen molar-refractivity contribution in [2.45, 2.75) is 32.7 Å². The minimum atomic E-state index is 0.0522. The number of carbonyl (C=O) groups excluding carboxylic acids is 2. The number of nitrogens with one attached hydrogen (secondary N) is 1. The minimum Gasteiger partial charge on any atom is -0.353 e. The molecule has 1 aromatic rings. The molecule has 1 saturated heterocycles. The summed E-state index contributed by atoms with van der Waals surface area (Å²) in [6.07, 6.45) is 4.78. The summed E-state index contributed by atoms with van der Waals surface area (Å²) >= 11 is 0. The molecular formula is C17H26N4O2. The summed E-state index contributed by atoms with van der Waals surface area (Å²) in [5.74, 6) is 0.233. The average Bonchev–Trinajstić information content (AvgIpc) is 2.53. The number of aryl methyl sites for hydroxylation is 1. The van der Waals surface area contributed by atoms with E-state index in [9.17, 15) is 9.59 Å². The number of hydrogen-bond donors (Lipinski definition) is 1. The molecule has 0 atom stereocenters. The lowest BCUT2D eigenvalue weighted by atomic mass is 10.1. The third-order valence-electron chi connectivity index (χ3n) is 3.89. The van der Waals surface area contributed by atoms with Crippen molar-refractivity contribution >= 4 is 11.8 Å². The second kappa shape index (κ2) is 8.62. The normalized spacial score (nSPS) is 15.7. The maximum absolute atomic E-state index is 12.3. The highest BCUT2D eigenvalue weighted by atomic mass is 16.2. The minimum absolute atomic E-state index is 0.0522. The second-order valence-corrected chi connectivity index (χ2v) is 6.24. The summed E-state index contributed by atoms with van der Waals surface area (Å²) < 4.78 is 0. The molecule has 1 aromatic heterocycles. The molecule has 1 fully saturated rings. The topological polar surface area (TPSA) is 65.5 Å². The van der Waals surface area contributed by atoms with Crippen LogP contribution < -0.4 is 5.32 Å². The number of nitrogens with zero attached hydrogens (tertiary/aromatic N) is 3. The average molecular weight is 318 g/mol. The van der Waals surface area contributed by atoms with Gasteiger partial charge >= 0.3 is 0 Å². The number of aromatic nitrogens is 1. The van der Waals surface area contributed by atoms with Crippen molar-refractivity contribution in [2.24, 2.45) is 0 Å². The molecule has 0 bridgehead atoms. The predicted molar refractivity (Wildman–Crippen MR) is 88.9 cm³/mol. The van der Waals surface area contributed by atoms with E-state index in [0.717, 1.165) is 25.1 Å². The second-order valence-electron chi connectivity index (χ2n) is 6.24. The van der Waals surface area contributed by atoms with E-state index in [0.29, 0.717) is 26.1 Å². The molecule has 1 aliphatic rings. The van der Waals surface area contributed by atoms with Crippen LogP contribution in [0.5, 0.6) is 0 Å². The smallest absolute Gasteiger partial charge is 0.234 e. The molecule has 2 amide bonds. The number of rotatable bonds is 6. The summed E-state index contributed by atoms with van der Waals surface area (Å²) in [5, 5.41) is 2.90. The largest absolute Gasteiger partial charge is 0.353 e. The summed E-state index contributed by atoms with van der Waals surface area (Å²) in [7, 11) is 0. The molecule has 0 unspecified atom stereocenters. The molecular weight excluding hydrogens is 292 g/mol. The Labute approximate surface area is 137 Å². The third kappa shape index (κ3) is 5.98. The van der Waals surface area contributed by atoms with Crippen LogP contribution in [0.15, 0.2) is 24.5 Å². The first-order valence-corrected chi connectivity index (χ1v) is 8.23. The highest BCUT2D eigenvalue weighted by Gasteiger charge is 2.22. The Hall–Kier alpha value is -1.95. The molecule has 0 saturated carbocycles. The lowest BCUT2D eigenvalue weighted by Crippen LogP contribution is -2.51. The van der Waals surface area contributed by atoms with Gasteiger partial charge in [-0.2, -0.15) is 0 Å². The van der Waals surface area contributed by atoms with Crippen molar-refractivity contribution in [3.63, 3.8) is 0 Å². The summed E-state index contributed by atoms with van der Waals surface area (Å²) in [6, 6.07) is 4.05.